The summed E-state index contributed by atoms with van der Waals surface area (Å²) in [6.45, 7) is 8.99. The predicted octanol–water partition coefficient (Wildman–Crippen LogP) is 5.98. The topological polar surface area (TPSA) is 90.7 Å². The highest BCUT2D eigenvalue weighted by molar-refractivity contribution is 7.98. The summed E-state index contributed by atoms with van der Waals surface area (Å²) in [6, 6.07) is 2.24. The Labute approximate surface area is 199 Å². The first-order valence-electron chi connectivity index (χ1n) is 10.6. The Hall–Kier alpha value is -2.04. The van der Waals surface area contributed by atoms with Crippen molar-refractivity contribution in [2.24, 2.45) is 11.3 Å². The summed E-state index contributed by atoms with van der Waals surface area (Å²) < 4.78 is 11.7. The third-order valence-corrected chi connectivity index (χ3v) is 8.60. The highest BCUT2D eigenvalue weighted by atomic mass is 32.2. The Kier molecular flexibility index (Phi) is 5.94. The van der Waals surface area contributed by atoms with E-state index in [-0.39, 0.29) is 0 Å². The van der Waals surface area contributed by atoms with E-state index in [1.807, 2.05) is 12.3 Å². The molecule has 4 aromatic rings. The third-order valence-electron chi connectivity index (χ3n) is 5.75. The molecule has 4 aromatic heterocycles. The van der Waals surface area contributed by atoms with Gasteiger partial charge in [0.25, 0.3) is 11.1 Å². The zero-order chi connectivity index (χ0) is 22.3. The summed E-state index contributed by atoms with van der Waals surface area (Å²) in [7, 11) is 0. The molecule has 0 N–H and O–H groups in total. The Balaban J connectivity index is 1.21. The molecule has 0 bridgehead atoms. The quantitative estimate of drug-likeness (QED) is 0.307. The molecule has 168 valence electrons. The number of hydrogen-bond acceptors (Lipinski definition) is 10. The second-order valence-corrected chi connectivity index (χ2v) is 12.3. The van der Waals surface area contributed by atoms with Crippen LogP contribution in [0, 0.1) is 18.3 Å². The van der Waals surface area contributed by atoms with Crippen molar-refractivity contribution in [1.29, 1.82) is 0 Å². The normalized spacial score (nSPS) is 16.4. The third kappa shape index (κ3) is 4.82. The van der Waals surface area contributed by atoms with Crippen molar-refractivity contribution >= 4 is 34.4 Å². The largest absolute Gasteiger partial charge is 0.419 e. The maximum absolute atomic E-state index is 5.94. The second kappa shape index (κ2) is 8.72. The van der Waals surface area contributed by atoms with Crippen LogP contribution in [0.2, 0.25) is 0 Å². The molecule has 32 heavy (non-hydrogen) atoms. The van der Waals surface area contributed by atoms with Crippen molar-refractivity contribution in [3.63, 3.8) is 0 Å². The number of rotatable bonds is 6. The minimum absolute atomic E-state index is 0.336. The Morgan fingerprint density at radius 1 is 1.12 bits per heavy atom. The van der Waals surface area contributed by atoms with E-state index in [1.54, 1.807) is 22.7 Å². The molecule has 1 unspecified atom stereocenters. The molecule has 4 heterocycles. The molecule has 10 heteroatoms. The van der Waals surface area contributed by atoms with Gasteiger partial charge in [0.2, 0.25) is 11.8 Å². The molecule has 1 atom stereocenters. The average molecular weight is 488 g/mol. The van der Waals surface area contributed by atoms with E-state index in [9.17, 15) is 0 Å². The molecular weight excluding hydrogens is 462 g/mol. The standard InChI is InChI=1S/C22H25N5O2S3/c1-12-23-15(10-30-12)9-18-24-27-21(29-18)31-11-19-25-26-20(28-19)17-8-13-7-14(22(2,3)4)5-6-16(13)32-17/h8,10,14H,5-7,9,11H2,1-4H3. The summed E-state index contributed by atoms with van der Waals surface area (Å²) in [4.78, 5) is 6.96. The van der Waals surface area contributed by atoms with Crippen LogP contribution in [-0.4, -0.2) is 25.4 Å². The zero-order valence-corrected chi connectivity index (χ0v) is 21.0. The van der Waals surface area contributed by atoms with Crippen molar-refractivity contribution in [1.82, 2.24) is 25.4 Å². The van der Waals surface area contributed by atoms with Crippen molar-refractivity contribution < 1.29 is 8.83 Å². The van der Waals surface area contributed by atoms with Gasteiger partial charge in [0, 0.05) is 10.3 Å². The lowest BCUT2D eigenvalue weighted by atomic mass is 9.72. The lowest BCUT2D eigenvalue weighted by Crippen LogP contribution is -2.26. The Morgan fingerprint density at radius 3 is 2.75 bits per heavy atom. The number of fused-ring (bicyclic) bond motifs is 1. The van der Waals surface area contributed by atoms with E-state index in [2.05, 4.69) is 52.2 Å². The van der Waals surface area contributed by atoms with E-state index in [1.165, 1.54) is 28.6 Å². The molecular formula is C22H25N5O2S3. The number of hydrogen-bond donors (Lipinski definition) is 0. The van der Waals surface area contributed by atoms with Crippen LogP contribution in [0.4, 0.5) is 0 Å². The number of thiazole rings is 1. The minimum Gasteiger partial charge on any atom is -0.419 e. The number of nitrogens with zero attached hydrogens (tertiary/aromatic N) is 5. The van der Waals surface area contributed by atoms with Gasteiger partial charge in [0.05, 0.1) is 27.8 Å². The molecule has 0 aliphatic heterocycles. The van der Waals surface area contributed by atoms with E-state index >= 15 is 0 Å². The van der Waals surface area contributed by atoms with Gasteiger partial charge in [-0.05, 0) is 49.1 Å². The van der Waals surface area contributed by atoms with E-state index in [0.717, 1.165) is 28.4 Å². The fourth-order valence-corrected chi connectivity index (χ4v) is 6.28. The van der Waals surface area contributed by atoms with Gasteiger partial charge in [-0.3, -0.25) is 0 Å². The van der Waals surface area contributed by atoms with Crippen LogP contribution in [-0.2, 0) is 25.0 Å². The maximum Gasteiger partial charge on any atom is 0.277 e. The predicted molar refractivity (Wildman–Crippen MR) is 126 cm³/mol. The van der Waals surface area contributed by atoms with Crippen LogP contribution in [0.3, 0.4) is 0 Å². The van der Waals surface area contributed by atoms with E-state index in [4.69, 9.17) is 8.83 Å². The Morgan fingerprint density at radius 2 is 1.97 bits per heavy atom. The van der Waals surface area contributed by atoms with Crippen molar-refractivity contribution in [3.05, 3.63) is 44.4 Å². The van der Waals surface area contributed by atoms with Crippen LogP contribution in [0.25, 0.3) is 10.8 Å². The van der Waals surface area contributed by atoms with Crippen LogP contribution in [0.15, 0.2) is 25.5 Å². The van der Waals surface area contributed by atoms with Crippen molar-refractivity contribution in [2.45, 2.75) is 64.4 Å². The zero-order valence-electron chi connectivity index (χ0n) is 18.5. The van der Waals surface area contributed by atoms with Gasteiger partial charge in [-0.1, -0.05) is 32.5 Å². The molecule has 1 aliphatic rings. The molecule has 0 radical (unpaired) electrons. The molecule has 0 fully saturated rings. The molecule has 5 rings (SSSR count). The second-order valence-electron chi connectivity index (χ2n) is 9.15. The number of aromatic nitrogens is 5. The minimum atomic E-state index is 0.336. The van der Waals surface area contributed by atoms with Gasteiger partial charge < -0.3 is 8.83 Å². The average Bonchev–Trinajstić information content (AvgIpc) is 3.52. The maximum atomic E-state index is 5.94. The van der Waals surface area contributed by atoms with Crippen molar-refractivity contribution in [3.8, 4) is 10.8 Å². The summed E-state index contributed by atoms with van der Waals surface area (Å²) in [5.41, 5.74) is 2.73. The lowest BCUT2D eigenvalue weighted by Gasteiger charge is -2.33. The smallest absolute Gasteiger partial charge is 0.277 e. The van der Waals surface area contributed by atoms with E-state index < -0.39 is 0 Å². The summed E-state index contributed by atoms with van der Waals surface area (Å²) in [5.74, 6) is 2.91. The first kappa shape index (κ1) is 21.8. The monoisotopic (exact) mass is 487 g/mol. The highest BCUT2D eigenvalue weighted by Crippen LogP contribution is 2.42. The molecule has 0 aromatic carbocycles. The van der Waals surface area contributed by atoms with Crippen molar-refractivity contribution in [2.75, 3.05) is 0 Å². The van der Waals surface area contributed by atoms with Gasteiger partial charge >= 0.3 is 0 Å². The van der Waals surface area contributed by atoms with Crippen LogP contribution < -0.4 is 0 Å². The van der Waals surface area contributed by atoms with Crippen LogP contribution in [0.1, 0.15) is 60.1 Å². The van der Waals surface area contributed by atoms with Gasteiger partial charge in [0.15, 0.2) is 0 Å². The number of aryl methyl sites for hydroxylation is 2. The summed E-state index contributed by atoms with van der Waals surface area (Å²) >= 11 is 4.80. The van der Waals surface area contributed by atoms with Gasteiger partial charge in [-0.2, -0.15) is 0 Å². The molecule has 0 amide bonds. The van der Waals surface area contributed by atoms with Gasteiger partial charge in [0.1, 0.15) is 0 Å². The van der Waals surface area contributed by atoms with E-state index in [0.29, 0.717) is 46.4 Å². The number of thioether (sulfide) groups is 1. The SMILES string of the molecule is Cc1nc(Cc2nnc(SCc3nnc(-c4cc5c(s4)CCC(C(C)(C)C)C5)o3)o2)cs1. The van der Waals surface area contributed by atoms with Crippen LogP contribution >= 0.6 is 34.4 Å². The summed E-state index contributed by atoms with van der Waals surface area (Å²) in [6.07, 6.45) is 4.06. The first-order valence-corrected chi connectivity index (χ1v) is 13.3. The van der Waals surface area contributed by atoms with Gasteiger partial charge in [-0.25, -0.2) is 4.98 Å². The molecule has 0 saturated carbocycles. The summed E-state index contributed by atoms with van der Waals surface area (Å²) in [5, 5.41) is 20.2. The molecule has 1 aliphatic carbocycles. The van der Waals surface area contributed by atoms with Crippen LogP contribution in [0.5, 0.6) is 0 Å². The molecule has 7 nitrogen and oxygen atoms in total. The number of thiophene rings is 1. The lowest BCUT2D eigenvalue weighted by molar-refractivity contribution is 0.217. The Bertz CT molecular complexity index is 1220. The van der Waals surface area contributed by atoms with Gasteiger partial charge in [-0.15, -0.1) is 43.1 Å². The highest BCUT2D eigenvalue weighted by Gasteiger charge is 2.30. The molecule has 0 spiro atoms. The fourth-order valence-electron chi connectivity index (χ4n) is 3.92. The molecule has 0 saturated heterocycles. The first-order chi connectivity index (χ1) is 15.3. The fraction of sp³-hybridized carbons (Fsp3) is 0.500.